The van der Waals surface area contributed by atoms with Crippen molar-refractivity contribution in [3.05, 3.63) is 71.8 Å². The molecule has 0 saturated carbocycles. The average molecular weight is 438 g/mol. The average Bonchev–Trinajstić information content (AvgIpc) is 2.63. The fourth-order valence-electron chi connectivity index (χ4n) is 1.85. The van der Waals surface area contributed by atoms with Gasteiger partial charge in [-0.15, -0.1) is 0 Å². The molecule has 0 aliphatic heterocycles. The number of hydrogen-bond donors (Lipinski definition) is 0. The molecule has 2 aromatic rings. The van der Waals surface area contributed by atoms with Gasteiger partial charge in [0.15, 0.2) is 5.78 Å². The normalized spacial score (nSPS) is 11.2. The minimum Gasteiger partial charge on any atom is -0.744 e. The number of rotatable bonds is 8. The molecule has 0 aliphatic carbocycles. The zero-order valence-corrected chi connectivity index (χ0v) is 20.7. The molecule has 0 heterocycles. The number of carbonyl (C=O) groups excluding carboxylic acids is 1. The van der Waals surface area contributed by atoms with E-state index >= 15 is 0 Å². The second kappa shape index (κ2) is 13.9. The molecule has 0 N–H and O–H groups in total. The summed E-state index contributed by atoms with van der Waals surface area (Å²) in [7, 11) is -4.48. The van der Waals surface area contributed by atoms with E-state index in [9.17, 15) is 23.0 Å². The van der Waals surface area contributed by atoms with Gasteiger partial charge in [0.25, 0.3) is 0 Å². The summed E-state index contributed by atoms with van der Waals surface area (Å²) in [4.78, 5) is 12.2. The van der Waals surface area contributed by atoms with Crippen molar-refractivity contribution in [1.29, 1.82) is 0 Å². The minimum absolute atomic E-state index is 0. The predicted octanol–water partition coefficient (Wildman–Crippen LogP) is -3.87. The van der Waals surface area contributed by atoms with Crippen molar-refractivity contribution in [1.82, 2.24) is 0 Å². The maximum atomic E-state index is 11.8. The van der Waals surface area contributed by atoms with Crippen LogP contribution in [0.3, 0.4) is 0 Å². The van der Waals surface area contributed by atoms with Crippen LogP contribution in [-0.2, 0) is 24.3 Å². The van der Waals surface area contributed by atoms with Crippen molar-refractivity contribution in [3.63, 3.8) is 0 Å². The Balaban J connectivity index is 0.00000364. The molecule has 0 spiro atoms. The Morgan fingerprint density at radius 2 is 1.36 bits per heavy atom. The number of allylic oxidation sites excluding steroid dienone is 2. The molecular weight excluding hydrogens is 426 g/mol. The Morgan fingerprint density at radius 3 is 1.79 bits per heavy atom. The Labute approximate surface area is 211 Å². The van der Waals surface area contributed by atoms with E-state index in [1.807, 2.05) is 0 Å². The first-order valence-electron chi connectivity index (χ1n) is 7.08. The van der Waals surface area contributed by atoms with Crippen molar-refractivity contribution < 1.29 is 91.5 Å². The molecule has 28 heavy (non-hydrogen) atoms. The number of hydrogen-bond acceptors (Lipinski definition) is 8. The SMILES string of the molecule is O=C(/C=C/c1ccc(SOO[O-])cc1)/C=C/c1ccc(S(=O)(=O)[O-])cc1.[Na+].[Na+]. The van der Waals surface area contributed by atoms with Gasteiger partial charge < -0.3 is 9.81 Å². The maximum Gasteiger partial charge on any atom is 1.00 e. The van der Waals surface area contributed by atoms with E-state index in [0.717, 1.165) is 17.6 Å². The Hall–Kier alpha value is -0.270. The first-order chi connectivity index (χ1) is 12.4. The molecule has 0 aromatic heterocycles. The molecule has 11 heteroatoms. The van der Waals surface area contributed by atoms with Crippen LogP contribution in [0.1, 0.15) is 11.1 Å². The van der Waals surface area contributed by atoms with Gasteiger partial charge in [0.2, 0.25) is 0 Å². The summed E-state index contributed by atoms with van der Waals surface area (Å²) < 4.78 is 36.7. The molecule has 0 atom stereocenters. The third-order valence-corrected chi connectivity index (χ3v) is 4.52. The van der Waals surface area contributed by atoms with Gasteiger partial charge in [-0.3, -0.25) is 9.83 Å². The number of ketones is 1. The molecular formula is C17H12Na2O7S2. The van der Waals surface area contributed by atoms with Crippen molar-refractivity contribution >= 4 is 40.1 Å². The van der Waals surface area contributed by atoms with E-state index in [2.05, 4.69) is 9.37 Å². The van der Waals surface area contributed by atoms with Gasteiger partial charge in [0.1, 0.15) is 10.1 Å². The smallest absolute Gasteiger partial charge is 0.744 e. The molecule has 2 rings (SSSR count). The quantitative estimate of drug-likeness (QED) is 0.103. The largest absolute Gasteiger partial charge is 1.00 e. The second-order valence-corrected chi connectivity index (χ2v) is 7.03. The summed E-state index contributed by atoms with van der Waals surface area (Å²) in [5.74, 6) is -0.271. The van der Waals surface area contributed by atoms with Crippen LogP contribution in [0.4, 0.5) is 0 Å². The molecule has 0 unspecified atom stereocenters. The Bertz CT molecular complexity index is 910. The van der Waals surface area contributed by atoms with Crippen LogP contribution in [0.15, 0.2) is 70.5 Å². The van der Waals surface area contributed by atoms with Crippen LogP contribution in [0.2, 0.25) is 0 Å². The fourth-order valence-corrected chi connectivity index (χ4v) is 2.67. The zero-order chi connectivity index (χ0) is 19.0. The van der Waals surface area contributed by atoms with Crippen LogP contribution >= 0.6 is 12.0 Å². The molecule has 2 aromatic carbocycles. The van der Waals surface area contributed by atoms with Gasteiger partial charge in [-0.1, -0.05) is 36.4 Å². The van der Waals surface area contributed by atoms with Crippen LogP contribution in [0, 0.1) is 0 Å². The first kappa shape index (κ1) is 27.7. The van der Waals surface area contributed by atoms with Crippen LogP contribution in [0.5, 0.6) is 0 Å². The Kier molecular flexibility index (Phi) is 13.7. The minimum atomic E-state index is -4.48. The maximum absolute atomic E-state index is 11.8. The summed E-state index contributed by atoms with van der Waals surface area (Å²) in [5, 5.41) is 13.0. The second-order valence-electron chi connectivity index (χ2n) is 4.88. The summed E-state index contributed by atoms with van der Waals surface area (Å²) >= 11 is 0.768. The van der Waals surface area contributed by atoms with Gasteiger partial charge >= 0.3 is 59.1 Å². The van der Waals surface area contributed by atoms with Gasteiger partial charge in [-0.05, 0) is 47.5 Å². The van der Waals surface area contributed by atoms with Crippen molar-refractivity contribution in [2.45, 2.75) is 9.79 Å². The van der Waals surface area contributed by atoms with E-state index in [1.165, 1.54) is 42.5 Å². The molecule has 0 radical (unpaired) electrons. The summed E-state index contributed by atoms with van der Waals surface area (Å²) in [6.07, 6.45) is 5.81. The molecule has 7 nitrogen and oxygen atoms in total. The van der Waals surface area contributed by atoms with Gasteiger partial charge in [0, 0.05) is 4.90 Å². The third-order valence-electron chi connectivity index (χ3n) is 3.09. The topological polar surface area (TPSA) is 116 Å². The molecule has 0 aliphatic rings. The van der Waals surface area contributed by atoms with Crippen molar-refractivity contribution in [3.8, 4) is 0 Å². The predicted molar refractivity (Wildman–Crippen MR) is 91.9 cm³/mol. The summed E-state index contributed by atoms with van der Waals surface area (Å²) in [5.41, 5.74) is 1.35. The van der Waals surface area contributed by atoms with Crippen molar-refractivity contribution in [2.24, 2.45) is 0 Å². The summed E-state index contributed by atoms with van der Waals surface area (Å²) in [6.45, 7) is 0. The molecule has 0 bridgehead atoms. The summed E-state index contributed by atoms with van der Waals surface area (Å²) in [6, 6.07) is 12.1. The Morgan fingerprint density at radius 1 is 0.893 bits per heavy atom. The number of benzene rings is 2. The monoisotopic (exact) mass is 438 g/mol. The fraction of sp³-hybridized carbons (Fsp3) is 0. The van der Waals surface area contributed by atoms with Crippen LogP contribution in [-0.4, -0.2) is 18.8 Å². The van der Waals surface area contributed by atoms with Gasteiger partial charge in [0.05, 0.1) is 16.9 Å². The van der Waals surface area contributed by atoms with E-state index in [4.69, 9.17) is 0 Å². The molecule has 0 fully saturated rings. The standard InChI is InChI=1S/C17H14O7S2.2Na/c18-15(7-1-13-3-9-16(10-4-13)25-24-23-19)8-2-14-5-11-17(12-6-14)26(20,21)22;;/h1-12,19H,(H,20,21,22);;/q;2*+1/p-2/b7-1+,8-2+;;. The molecule has 0 amide bonds. The van der Waals surface area contributed by atoms with E-state index in [-0.39, 0.29) is 69.8 Å². The zero-order valence-electron chi connectivity index (χ0n) is 15.1. The number of carbonyl (C=O) groups is 1. The van der Waals surface area contributed by atoms with Crippen LogP contribution < -0.4 is 64.4 Å². The van der Waals surface area contributed by atoms with Crippen LogP contribution in [0.25, 0.3) is 12.2 Å². The van der Waals surface area contributed by atoms with E-state index < -0.39 is 10.1 Å². The first-order valence-corrected chi connectivity index (χ1v) is 9.23. The van der Waals surface area contributed by atoms with E-state index in [0.29, 0.717) is 10.5 Å². The molecule has 0 saturated heterocycles. The van der Waals surface area contributed by atoms with Gasteiger partial charge in [-0.25, -0.2) is 8.42 Å². The molecule has 136 valence electrons. The van der Waals surface area contributed by atoms with Gasteiger partial charge in [-0.2, -0.15) is 4.33 Å². The third kappa shape index (κ3) is 9.97. The van der Waals surface area contributed by atoms with Crippen molar-refractivity contribution in [2.75, 3.05) is 0 Å². The van der Waals surface area contributed by atoms with E-state index in [1.54, 1.807) is 30.3 Å².